The Kier molecular flexibility index (Phi) is 3.29. The molecular weight excluding hydrogens is 315 g/mol. The highest BCUT2D eigenvalue weighted by molar-refractivity contribution is 9.11. The Hall–Kier alpha value is -1.21. The summed E-state index contributed by atoms with van der Waals surface area (Å²) >= 11 is 3.22. The van der Waals surface area contributed by atoms with Gasteiger partial charge in [-0.25, -0.2) is 0 Å². The first-order valence-corrected chi connectivity index (χ1v) is 5.76. The number of alkyl halides is 3. The van der Waals surface area contributed by atoms with Crippen LogP contribution in [-0.4, -0.2) is 6.36 Å². The van der Waals surface area contributed by atoms with Crippen LogP contribution in [0.3, 0.4) is 0 Å². The van der Waals surface area contributed by atoms with E-state index in [9.17, 15) is 13.2 Å². The second kappa shape index (κ2) is 4.47. The van der Waals surface area contributed by atoms with Crippen LogP contribution in [0, 0.1) is 0 Å². The van der Waals surface area contributed by atoms with Crippen LogP contribution < -0.4 is 10.2 Å². The number of benzene rings is 1. The van der Waals surface area contributed by atoms with Crippen LogP contribution in [0.1, 0.15) is 12.5 Å². The molecule has 1 aromatic carbocycles. The summed E-state index contributed by atoms with van der Waals surface area (Å²) in [5.74, 6) is -0.260. The molecule has 18 heavy (non-hydrogen) atoms. The fourth-order valence-corrected chi connectivity index (χ4v) is 2.10. The third-order valence-electron chi connectivity index (χ3n) is 2.42. The van der Waals surface area contributed by atoms with E-state index in [-0.39, 0.29) is 5.75 Å². The summed E-state index contributed by atoms with van der Waals surface area (Å²) in [6, 6.07) is 5.53. The number of halogens is 4. The Balaban J connectivity index is 2.18. The topological polar surface area (TPSA) is 30.5 Å². The highest BCUT2D eigenvalue weighted by atomic mass is 79.9. The number of hydroxylamine groups is 1. The number of hydrogen-bond acceptors (Lipinski definition) is 3. The zero-order valence-corrected chi connectivity index (χ0v) is 10.8. The lowest BCUT2D eigenvalue weighted by atomic mass is 9.96. The Morgan fingerprint density at radius 2 is 1.89 bits per heavy atom. The Morgan fingerprint density at radius 1 is 1.28 bits per heavy atom. The number of rotatable bonds is 2. The molecule has 3 nitrogen and oxygen atoms in total. The Morgan fingerprint density at radius 3 is 2.33 bits per heavy atom. The molecule has 1 aromatic rings. The van der Waals surface area contributed by atoms with Crippen molar-refractivity contribution in [3.8, 4) is 5.75 Å². The first-order valence-electron chi connectivity index (χ1n) is 4.97. The van der Waals surface area contributed by atoms with Crippen LogP contribution in [0.15, 0.2) is 34.9 Å². The maximum Gasteiger partial charge on any atom is 0.573 e. The SMILES string of the molecule is C[C@]1(c2ccc(OC(F)(F)F)cc2)C=C(Br)NO1. The predicted octanol–water partition coefficient (Wildman–Crippen LogP) is 3.57. The average Bonchev–Trinajstić information content (AvgIpc) is 2.58. The molecule has 2 rings (SSSR count). The molecular formula is C11H9BrF3NO2. The lowest BCUT2D eigenvalue weighted by molar-refractivity contribution is -0.274. The summed E-state index contributed by atoms with van der Waals surface area (Å²) in [6.45, 7) is 1.79. The molecule has 1 N–H and O–H groups in total. The maximum atomic E-state index is 12.0. The van der Waals surface area contributed by atoms with E-state index in [4.69, 9.17) is 4.84 Å². The van der Waals surface area contributed by atoms with Crippen molar-refractivity contribution in [3.63, 3.8) is 0 Å². The van der Waals surface area contributed by atoms with E-state index < -0.39 is 12.0 Å². The first-order chi connectivity index (χ1) is 8.28. The molecule has 0 spiro atoms. The highest BCUT2D eigenvalue weighted by Crippen LogP contribution is 2.34. The van der Waals surface area contributed by atoms with E-state index in [1.807, 2.05) is 0 Å². The highest BCUT2D eigenvalue weighted by Gasteiger charge is 2.33. The monoisotopic (exact) mass is 323 g/mol. The minimum Gasteiger partial charge on any atom is -0.406 e. The summed E-state index contributed by atoms with van der Waals surface area (Å²) in [7, 11) is 0. The van der Waals surface area contributed by atoms with Gasteiger partial charge in [0.2, 0.25) is 0 Å². The van der Waals surface area contributed by atoms with Gasteiger partial charge in [0, 0.05) is 0 Å². The van der Waals surface area contributed by atoms with Gasteiger partial charge < -0.3 is 4.74 Å². The largest absolute Gasteiger partial charge is 0.573 e. The summed E-state index contributed by atoms with van der Waals surface area (Å²) < 4.78 is 40.4. The van der Waals surface area contributed by atoms with Gasteiger partial charge in [-0.15, -0.1) is 13.2 Å². The number of nitrogens with one attached hydrogen (secondary N) is 1. The molecule has 98 valence electrons. The van der Waals surface area contributed by atoms with Crippen LogP contribution in [0.4, 0.5) is 13.2 Å². The fraction of sp³-hybridized carbons (Fsp3) is 0.273. The Labute approximate surface area is 110 Å². The second-order valence-corrected chi connectivity index (χ2v) is 4.73. The molecule has 0 aromatic heterocycles. The van der Waals surface area contributed by atoms with Gasteiger partial charge in [0.15, 0.2) is 0 Å². The van der Waals surface area contributed by atoms with Gasteiger partial charge in [0.1, 0.15) is 16.0 Å². The van der Waals surface area contributed by atoms with Crippen molar-refractivity contribution in [3.05, 3.63) is 40.5 Å². The zero-order chi connectivity index (χ0) is 13.4. The number of ether oxygens (including phenoxy) is 1. The van der Waals surface area contributed by atoms with Crippen molar-refractivity contribution in [2.45, 2.75) is 18.9 Å². The van der Waals surface area contributed by atoms with Crippen molar-refractivity contribution in [2.75, 3.05) is 0 Å². The van der Waals surface area contributed by atoms with Crippen molar-refractivity contribution < 1.29 is 22.7 Å². The first kappa shape index (κ1) is 13.2. The third kappa shape index (κ3) is 2.97. The molecule has 0 saturated carbocycles. The average molecular weight is 324 g/mol. The Bertz CT molecular complexity index is 472. The molecule has 0 radical (unpaired) electrons. The van der Waals surface area contributed by atoms with Crippen LogP contribution in [0.25, 0.3) is 0 Å². The second-order valence-electron chi connectivity index (χ2n) is 3.88. The molecule has 0 unspecified atom stereocenters. The van der Waals surface area contributed by atoms with Gasteiger partial charge in [-0.05, 0) is 46.6 Å². The maximum absolute atomic E-state index is 12.0. The lowest BCUT2D eigenvalue weighted by Crippen LogP contribution is -2.23. The van der Waals surface area contributed by atoms with Crippen LogP contribution in [0.2, 0.25) is 0 Å². The lowest BCUT2D eigenvalue weighted by Gasteiger charge is -2.20. The van der Waals surface area contributed by atoms with E-state index in [0.29, 0.717) is 10.2 Å². The molecule has 7 heteroatoms. The van der Waals surface area contributed by atoms with Crippen molar-refractivity contribution in [1.82, 2.24) is 5.48 Å². The van der Waals surface area contributed by atoms with E-state index in [1.165, 1.54) is 24.3 Å². The van der Waals surface area contributed by atoms with Crippen molar-refractivity contribution in [2.24, 2.45) is 0 Å². The normalized spacial score (nSPS) is 23.5. The predicted molar refractivity (Wildman–Crippen MR) is 61.7 cm³/mol. The molecule has 1 atom stereocenters. The van der Waals surface area contributed by atoms with E-state index in [1.54, 1.807) is 13.0 Å². The molecule has 0 amide bonds. The molecule has 1 aliphatic rings. The van der Waals surface area contributed by atoms with Crippen molar-refractivity contribution in [1.29, 1.82) is 0 Å². The third-order valence-corrected chi connectivity index (χ3v) is 2.81. The molecule has 0 saturated heterocycles. The van der Waals surface area contributed by atoms with Gasteiger partial charge in [-0.3, -0.25) is 10.3 Å². The van der Waals surface area contributed by atoms with E-state index in [0.717, 1.165) is 0 Å². The minimum absolute atomic E-state index is 0.260. The van der Waals surface area contributed by atoms with E-state index >= 15 is 0 Å². The summed E-state index contributed by atoms with van der Waals surface area (Å²) in [4.78, 5) is 5.33. The molecule has 1 aliphatic heterocycles. The molecule has 0 bridgehead atoms. The summed E-state index contributed by atoms with van der Waals surface area (Å²) in [6.07, 6.45) is -2.91. The molecule has 0 aliphatic carbocycles. The van der Waals surface area contributed by atoms with Crippen LogP contribution in [0.5, 0.6) is 5.75 Å². The van der Waals surface area contributed by atoms with Crippen LogP contribution >= 0.6 is 15.9 Å². The summed E-state index contributed by atoms with van der Waals surface area (Å²) in [5.41, 5.74) is 2.61. The molecule has 1 heterocycles. The van der Waals surface area contributed by atoms with Gasteiger partial charge >= 0.3 is 6.36 Å². The fourth-order valence-electron chi connectivity index (χ4n) is 1.59. The van der Waals surface area contributed by atoms with E-state index in [2.05, 4.69) is 26.1 Å². The smallest absolute Gasteiger partial charge is 0.406 e. The van der Waals surface area contributed by atoms with Crippen molar-refractivity contribution >= 4 is 15.9 Å². The molecule has 0 fully saturated rings. The quantitative estimate of drug-likeness (QED) is 0.844. The summed E-state index contributed by atoms with van der Waals surface area (Å²) in [5, 5.41) is 0. The standard InChI is InChI=1S/C11H9BrF3NO2/c1-10(6-9(12)16-18-10)7-2-4-8(5-3-7)17-11(13,14)15/h2-6,16H,1H3/t10-/m1/s1. The minimum atomic E-state index is -4.68. The van der Waals surface area contributed by atoms with Gasteiger partial charge in [-0.1, -0.05) is 12.1 Å². The zero-order valence-electron chi connectivity index (χ0n) is 9.22. The number of hydrogen-bond donors (Lipinski definition) is 1. The van der Waals surface area contributed by atoms with Gasteiger partial charge in [-0.2, -0.15) is 0 Å². The van der Waals surface area contributed by atoms with Gasteiger partial charge in [0.05, 0.1) is 0 Å². The van der Waals surface area contributed by atoms with Crippen LogP contribution in [-0.2, 0) is 10.4 Å². The van der Waals surface area contributed by atoms with Gasteiger partial charge in [0.25, 0.3) is 0 Å².